The van der Waals surface area contributed by atoms with Crippen LogP contribution >= 0.6 is 11.6 Å². The number of aryl methyl sites for hydroxylation is 2. The largest absolute Gasteiger partial charge is 0.320 e. The molecule has 2 rings (SSSR count). The summed E-state index contributed by atoms with van der Waals surface area (Å²) >= 11 is 6.05. The second-order valence-corrected chi connectivity index (χ2v) is 4.71. The van der Waals surface area contributed by atoms with Gasteiger partial charge in [-0.15, -0.1) is 0 Å². The molecule has 2 aromatic rings. The number of pyridine rings is 1. The number of nitrogens with two attached hydrogens (primary N) is 1. The summed E-state index contributed by atoms with van der Waals surface area (Å²) in [5, 5.41) is 0.719. The predicted octanol–water partition coefficient (Wildman–Crippen LogP) is 3.40. The zero-order valence-corrected chi connectivity index (χ0v) is 10.7. The van der Waals surface area contributed by atoms with E-state index in [2.05, 4.69) is 11.1 Å². The average molecular weight is 247 g/mol. The lowest BCUT2D eigenvalue weighted by molar-refractivity contribution is 0.851. The van der Waals surface area contributed by atoms with Crippen LogP contribution in [0.2, 0.25) is 5.02 Å². The number of aromatic nitrogens is 1. The zero-order valence-electron chi connectivity index (χ0n) is 9.94. The van der Waals surface area contributed by atoms with Crippen LogP contribution in [0.1, 0.15) is 28.3 Å². The number of hydrogen-bond acceptors (Lipinski definition) is 2. The van der Waals surface area contributed by atoms with Crippen LogP contribution in [0.4, 0.5) is 0 Å². The Hall–Kier alpha value is -1.38. The van der Waals surface area contributed by atoms with E-state index in [0.717, 1.165) is 27.3 Å². The Bertz CT molecular complexity index is 517. The monoisotopic (exact) mass is 246 g/mol. The molecule has 0 saturated carbocycles. The van der Waals surface area contributed by atoms with Crippen molar-refractivity contribution in [1.29, 1.82) is 0 Å². The Morgan fingerprint density at radius 3 is 2.65 bits per heavy atom. The highest BCUT2D eigenvalue weighted by Gasteiger charge is 2.12. The van der Waals surface area contributed by atoms with Gasteiger partial charge in [0.1, 0.15) is 0 Å². The summed E-state index contributed by atoms with van der Waals surface area (Å²) in [5.74, 6) is 0. The van der Waals surface area contributed by atoms with E-state index in [-0.39, 0.29) is 6.04 Å². The van der Waals surface area contributed by atoms with Crippen molar-refractivity contribution in [3.8, 4) is 0 Å². The van der Waals surface area contributed by atoms with Crippen molar-refractivity contribution in [2.24, 2.45) is 5.73 Å². The normalized spacial score (nSPS) is 12.5. The molecule has 0 aliphatic heterocycles. The van der Waals surface area contributed by atoms with Crippen LogP contribution in [0.25, 0.3) is 0 Å². The Labute approximate surface area is 106 Å². The molecule has 1 aromatic heterocycles. The molecule has 2 N–H and O–H groups in total. The molecule has 0 radical (unpaired) electrons. The summed E-state index contributed by atoms with van der Waals surface area (Å²) in [6.07, 6.45) is 3.59. The van der Waals surface area contributed by atoms with Crippen molar-refractivity contribution in [1.82, 2.24) is 4.98 Å². The van der Waals surface area contributed by atoms with E-state index >= 15 is 0 Å². The summed E-state index contributed by atoms with van der Waals surface area (Å²) in [5.41, 5.74) is 10.6. The molecule has 0 fully saturated rings. The molecule has 17 heavy (non-hydrogen) atoms. The minimum atomic E-state index is -0.180. The van der Waals surface area contributed by atoms with Crippen molar-refractivity contribution in [2.45, 2.75) is 19.9 Å². The maximum atomic E-state index is 6.26. The van der Waals surface area contributed by atoms with Crippen LogP contribution in [0.3, 0.4) is 0 Å². The van der Waals surface area contributed by atoms with E-state index in [9.17, 15) is 0 Å². The van der Waals surface area contributed by atoms with Crippen molar-refractivity contribution in [2.75, 3.05) is 0 Å². The standard InChI is InChI=1S/C14H15ClN2/c1-9-5-11(7-12(15)6-9)14(16)13-8-17-4-3-10(13)2/h3-8,14H,16H2,1-2H3. The van der Waals surface area contributed by atoms with Gasteiger partial charge in [0.05, 0.1) is 6.04 Å². The Morgan fingerprint density at radius 2 is 2.00 bits per heavy atom. The number of nitrogens with zero attached hydrogens (tertiary/aromatic N) is 1. The molecule has 0 amide bonds. The van der Waals surface area contributed by atoms with E-state index in [1.807, 2.05) is 38.2 Å². The molecular formula is C14H15ClN2. The van der Waals surface area contributed by atoms with Crippen LogP contribution in [-0.2, 0) is 0 Å². The molecule has 0 aliphatic carbocycles. The fraction of sp³-hybridized carbons (Fsp3) is 0.214. The molecule has 3 heteroatoms. The van der Waals surface area contributed by atoms with Gasteiger partial charge < -0.3 is 5.73 Å². The van der Waals surface area contributed by atoms with Gasteiger partial charge in [-0.25, -0.2) is 0 Å². The van der Waals surface area contributed by atoms with Gasteiger partial charge in [0, 0.05) is 17.4 Å². The summed E-state index contributed by atoms with van der Waals surface area (Å²) in [6.45, 7) is 4.05. The summed E-state index contributed by atoms with van der Waals surface area (Å²) in [6, 6.07) is 7.68. The second kappa shape index (κ2) is 4.86. The summed E-state index contributed by atoms with van der Waals surface area (Å²) in [7, 11) is 0. The third-order valence-electron chi connectivity index (χ3n) is 2.84. The topological polar surface area (TPSA) is 38.9 Å². The van der Waals surface area contributed by atoms with Crippen molar-refractivity contribution in [3.63, 3.8) is 0 Å². The molecular weight excluding hydrogens is 232 g/mol. The van der Waals surface area contributed by atoms with Gasteiger partial charge in [0.25, 0.3) is 0 Å². The minimum Gasteiger partial charge on any atom is -0.320 e. The smallest absolute Gasteiger partial charge is 0.0570 e. The minimum absolute atomic E-state index is 0.180. The molecule has 0 spiro atoms. The number of benzene rings is 1. The van der Waals surface area contributed by atoms with Crippen LogP contribution in [0.15, 0.2) is 36.7 Å². The second-order valence-electron chi connectivity index (χ2n) is 4.27. The highest BCUT2D eigenvalue weighted by atomic mass is 35.5. The lowest BCUT2D eigenvalue weighted by Crippen LogP contribution is -2.13. The van der Waals surface area contributed by atoms with Crippen LogP contribution < -0.4 is 5.73 Å². The summed E-state index contributed by atoms with van der Waals surface area (Å²) in [4.78, 5) is 4.12. The van der Waals surface area contributed by atoms with E-state index in [4.69, 9.17) is 17.3 Å². The van der Waals surface area contributed by atoms with E-state index < -0.39 is 0 Å². The number of halogens is 1. The first-order valence-corrected chi connectivity index (χ1v) is 5.89. The highest BCUT2D eigenvalue weighted by Crippen LogP contribution is 2.25. The molecule has 0 saturated heterocycles. The quantitative estimate of drug-likeness (QED) is 0.882. The number of rotatable bonds is 2. The average Bonchev–Trinajstić information content (AvgIpc) is 2.27. The van der Waals surface area contributed by atoms with Crippen LogP contribution in [0.5, 0.6) is 0 Å². The Kier molecular flexibility index (Phi) is 3.46. The molecule has 1 aromatic carbocycles. The fourth-order valence-corrected chi connectivity index (χ4v) is 2.22. The van der Waals surface area contributed by atoms with Crippen LogP contribution in [-0.4, -0.2) is 4.98 Å². The van der Waals surface area contributed by atoms with Crippen LogP contribution in [0, 0.1) is 13.8 Å². The van der Waals surface area contributed by atoms with Gasteiger partial charge in [-0.1, -0.05) is 17.7 Å². The third-order valence-corrected chi connectivity index (χ3v) is 3.06. The van der Waals surface area contributed by atoms with Crippen molar-refractivity contribution >= 4 is 11.6 Å². The third kappa shape index (κ3) is 2.65. The SMILES string of the molecule is Cc1cc(Cl)cc(C(N)c2cnccc2C)c1. The van der Waals surface area contributed by atoms with Crippen molar-refractivity contribution < 1.29 is 0 Å². The van der Waals surface area contributed by atoms with Gasteiger partial charge in [0.15, 0.2) is 0 Å². The zero-order chi connectivity index (χ0) is 12.4. The lowest BCUT2D eigenvalue weighted by atomic mass is 9.96. The highest BCUT2D eigenvalue weighted by molar-refractivity contribution is 6.30. The maximum Gasteiger partial charge on any atom is 0.0570 e. The molecule has 0 bridgehead atoms. The van der Waals surface area contributed by atoms with Gasteiger partial charge >= 0.3 is 0 Å². The lowest BCUT2D eigenvalue weighted by Gasteiger charge is -2.15. The first kappa shape index (κ1) is 12.1. The molecule has 1 atom stereocenters. The molecule has 0 aliphatic rings. The molecule has 2 nitrogen and oxygen atoms in total. The first-order chi connectivity index (χ1) is 8.08. The van der Waals surface area contributed by atoms with E-state index in [1.54, 1.807) is 6.20 Å². The summed E-state index contributed by atoms with van der Waals surface area (Å²) < 4.78 is 0. The molecule has 1 unspecified atom stereocenters. The predicted molar refractivity (Wildman–Crippen MR) is 71.2 cm³/mol. The van der Waals surface area contributed by atoms with E-state index in [1.165, 1.54) is 0 Å². The van der Waals surface area contributed by atoms with E-state index in [0.29, 0.717) is 0 Å². The maximum absolute atomic E-state index is 6.26. The Morgan fingerprint density at radius 1 is 1.24 bits per heavy atom. The van der Waals surface area contributed by atoms with Gasteiger partial charge in [-0.3, -0.25) is 4.98 Å². The van der Waals surface area contributed by atoms with Gasteiger partial charge in [0.2, 0.25) is 0 Å². The van der Waals surface area contributed by atoms with Gasteiger partial charge in [-0.05, 0) is 54.3 Å². The van der Waals surface area contributed by atoms with Gasteiger partial charge in [-0.2, -0.15) is 0 Å². The van der Waals surface area contributed by atoms with Crippen molar-refractivity contribution in [3.05, 3.63) is 63.9 Å². The first-order valence-electron chi connectivity index (χ1n) is 5.51. The Balaban J connectivity index is 2.43. The fourth-order valence-electron chi connectivity index (χ4n) is 1.93. The molecule has 88 valence electrons. The molecule has 1 heterocycles. The number of hydrogen-bond donors (Lipinski definition) is 1.